The quantitative estimate of drug-likeness (QED) is 0.797. The van der Waals surface area contributed by atoms with Crippen LogP contribution < -0.4 is 5.32 Å². The molecule has 1 saturated heterocycles. The van der Waals surface area contributed by atoms with Gasteiger partial charge in [-0.2, -0.15) is 0 Å². The van der Waals surface area contributed by atoms with E-state index in [1.807, 2.05) is 0 Å². The van der Waals surface area contributed by atoms with Gasteiger partial charge < -0.3 is 15.3 Å². The lowest BCUT2D eigenvalue weighted by atomic mass is 10.0. The highest BCUT2D eigenvalue weighted by molar-refractivity contribution is 5.98. The van der Waals surface area contributed by atoms with Crippen LogP contribution in [0.4, 0.5) is 5.69 Å². The number of hydrogen-bond acceptors (Lipinski definition) is 3. The minimum atomic E-state index is -0.439. The number of carbonyl (C=O) groups is 2. The van der Waals surface area contributed by atoms with Gasteiger partial charge in [0.15, 0.2) is 0 Å². The second-order valence-electron chi connectivity index (χ2n) is 4.73. The first-order chi connectivity index (χ1) is 9.09. The van der Waals surface area contributed by atoms with Crippen LogP contribution in [0.3, 0.4) is 0 Å². The number of piperidine rings is 1. The molecule has 0 bridgehead atoms. The molecule has 1 heterocycles. The summed E-state index contributed by atoms with van der Waals surface area (Å²) in [6.07, 6.45) is 2.53. The zero-order chi connectivity index (χ0) is 13.8. The van der Waals surface area contributed by atoms with E-state index in [2.05, 4.69) is 5.32 Å². The molecule has 2 rings (SSSR count). The standard InChI is InChI=1S/C14H18N2O3/c1-10(17)16-9-5-4-7-12(16)14(19)15-11-6-2-3-8-13(11)18/h2-3,6,8,12,18H,4-5,7,9H2,1H3,(H,15,19). The maximum absolute atomic E-state index is 12.2. The van der Waals surface area contributed by atoms with Gasteiger partial charge in [0, 0.05) is 13.5 Å². The monoisotopic (exact) mass is 262 g/mol. The van der Waals surface area contributed by atoms with E-state index in [1.165, 1.54) is 13.0 Å². The molecule has 2 N–H and O–H groups in total. The van der Waals surface area contributed by atoms with Gasteiger partial charge in [0.2, 0.25) is 11.8 Å². The Kier molecular flexibility index (Phi) is 4.04. The molecule has 0 saturated carbocycles. The van der Waals surface area contributed by atoms with E-state index in [1.54, 1.807) is 23.1 Å². The van der Waals surface area contributed by atoms with Crippen LogP contribution >= 0.6 is 0 Å². The van der Waals surface area contributed by atoms with Crippen LogP contribution in [0.25, 0.3) is 0 Å². The van der Waals surface area contributed by atoms with Crippen molar-refractivity contribution in [3.8, 4) is 5.75 Å². The van der Waals surface area contributed by atoms with Crippen molar-refractivity contribution in [2.75, 3.05) is 11.9 Å². The predicted octanol–water partition coefficient (Wildman–Crippen LogP) is 1.73. The zero-order valence-electron chi connectivity index (χ0n) is 10.9. The Hall–Kier alpha value is -2.04. The van der Waals surface area contributed by atoms with E-state index in [9.17, 15) is 14.7 Å². The smallest absolute Gasteiger partial charge is 0.247 e. The number of hydrogen-bond donors (Lipinski definition) is 2. The van der Waals surface area contributed by atoms with E-state index >= 15 is 0 Å². The molecule has 0 aromatic heterocycles. The van der Waals surface area contributed by atoms with Crippen LogP contribution in [-0.4, -0.2) is 34.4 Å². The fraction of sp³-hybridized carbons (Fsp3) is 0.429. The molecule has 19 heavy (non-hydrogen) atoms. The maximum atomic E-state index is 12.2. The largest absolute Gasteiger partial charge is 0.506 e. The molecule has 2 amide bonds. The SMILES string of the molecule is CC(=O)N1CCCCC1C(=O)Nc1ccccc1O. The number of rotatable bonds is 2. The van der Waals surface area contributed by atoms with Crippen molar-refractivity contribution < 1.29 is 14.7 Å². The molecule has 1 aliphatic rings. The fourth-order valence-electron chi connectivity index (χ4n) is 2.38. The summed E-state index contributed by atoms with van der Waals surface area (Å²) in [6.45, 7) is 2.10. The van der Waals surface area contributed by atoms with Crippen LogP contribution in [-0.2, 0) is 9.59 Å². The number of nitrogens with zero attached hydrogens (tertiary/aromatic N) is 1. The summed E-state index contributed by atoms with van der Waals surface area (Å²) in [6, 6.07) is 6.13. The minimum absolute atomic E-state index is 0.0287. The average Bonchev–Trinajstić information content (AvgIpc) is 2.41. The topological polar surface area (TPSA) is 69.6 Å². The summed E-state index contributed by atoms with van der Waals surface area (Å²) in [5, 5.41) is 12.3. The first-order valence-corrected chi connectivity index (χ1v) is 6.45. The molecule has 102 valence electrons. The van der Waals surface area contributed by atoms with Gasteiger partial charge in [-0.3, -0.25) is 9.59 Å². The number of phenolic OH excluding ortho intramolecular Hbond substituents is 1. The third kappa shape index (κ3) is 3.05. The van der Waals surface area contributed by atoms with Crippen LogP contribution in [0.2, 0.25) is 0 Å². The van der Waals surface area contributed by atoms with E-state index in [0.717, 1.165) is 12.8 Å². The predicted molar refractivity (Wildman–Crippen MR) is 71.8 cm³/mol. The second-order valence-corrected chi connectivity index (χ2v) is 4.73. The van der Waals surface area contributed by atoms with E-state index in [-0.39, 0.29) is 17.6 Å². The molecule has 1 fully saturated rings. The van der Waals surface area contributed by atoms with Gasteiger partial charge in [0.1, 0.15) is 11.8 Å². The highest BCUT2D eigenvalue weighted by atomic mass is 16.3. The van der Waals surface area contributed by atoms with Gasteiger partial charge in [-0.25, -0.2) is 0 Å². The highest BCUT2D eigenvalue weighted by Gasteiger charge is 2.30. The van der Waals surface area contributed by atoms with Gasteiger partial charge >= 0.3 is 0 Å². The van der Waals surface area contributed by atoms with E-state index in [4.69, 9.17) is 0 Å². The Balaban J connectivity index is 2.10. The summed E-state index contributed by atoms with van der Waals surface area (Å²) in [5.74, 6) is -0.297. The number of nitrogens with one attached hydrogen (secondary N) is 1. The number of para-hydroxylation sites is 2. The Morgan fingerprint density at radius 2 is 2.05 bits per heavy atom. The molecule has 1 aliphatic heterocycles. The highest BCUT2D eigenvalue weighted by Crippen LogP contribution is 2.24. The Labute approximate surface area is 112 Å². The van der Waals surface area contributed by atoms with E-state index < -0.39 is 6.04 Å². The van der Waals surface area contributed by atoms with Crippen molar-refractivity contribution in [2.45, 2.75) is 32.2 Å². The molecule has 0 aliphatic carbocycles. The molecule has 0 spiro atoms. The number of anilines is 1. The normalized spacial score (nSPS) is 19.0. The second kappa shape index (κ2) is 5.73. The van der Waals surface area contributed by atoms with Crippen molar-refractivity contribution in [3.05, 3.63) is 24.3 Å². The number of likely N-dealkylation sites (tertiary alicyclic amines) is 1. The Bertz CT molecular complexity index is 487. The lowest BCUT2D eigenvalue weighted by molar-refractivity contribution is -0.138. The van der Waals surface area contributed by atoms with Crippen molar-refractivity contribution in [3.63, 3.8) is 0 Å². The number of phenols is 1. The van der Waals surface area contributed by atoms with Crippen molar-refractivity contribution in [1.29, 1.82) is 0 Å². The van der Waals surface area contributed by atoms with Crippen molar-refractivity contribution in [2.24, 2.45) is 0 Å². The summed E-state index contributed by atoms with van der Waals surface area (Å²) in [4.78, 5) is 25.3. The number of carbonyl (C=O) groups excluding carboxylic acids is 2. The molecule has 0 radical (unpaired) electrons. The molecule has 5 heteroatoms. The molecule has 1 atom stereocenters. The summed E-state index contributed by atoms with van der Waals surface area (Å²) in [5.41, 5.74) is 0.376. The summed E-state index contributed by atoms with van der Waals surface area (Å²) < 4.78 is 0. The van der Waals surface area contributed by atoms with Gasteiger partial charge in [-0.15, -0.1) is 0 Å². The van der Waals surface area contributed by atoms with Crippen molar-refractivity contribution in [1.82, 2.24) is 4.90 Å². The molecule has 1 unspecified atom stereocenters. The van der Waals surface area contributed by atoms with Crippen LogP contribution in [0.5, 0.6) is 5.75 Å². The molecule has 5 nitrogen and oxygen atoms in total. The third-order valence-corrected chi connectivity index (χ3v) is 3.37. The Morgan fingerprint density at radius 3 is 2.74 bits per heavy atom. The summed E-state index contributed by atoms with van der Waals surface area (Å²) >= 11 is 0. The van der Waals surface area contributed by atoms with Crippen molar-refractivity contribution >= 4 is 17.5 Å². The number of aromatic hydroxyl groups is 1. The lowest BCUT2D eigenvalue weighted by Gasteiger charge is -2.33. The van der Waals surface area contributed by atoms with Crippen LogP contribution in [0, 0.1) is 0 Å². The first-order valence-electron chi connectivity index (χ1n) is 6.45. The molecule has 1 aromatic carbocycles. The van der Waals surface area contributed by atoms with Gasteiger partial charge in [-0.05, 0) is 31.4 Å². The van der Waals surface area contributed by atoms with Crippen LogP contribution in [0.1, 0.15) is 26.2 Å². The zero-order valence-corrected chi connectivity index (χ0v) is 10.9. The third-order valence-electron chi connectivity index (χ3n) is 3.37. The number of amides is 2. The summed E-state index contributed by atoms with van der Waals surface area (Å²) in [7, 11) is 0. The average molecular weight is 262 g/mol. The fourth-order valence-corrected chi connectivity index (χ4v) is 2.38. The van der Waals surface area contributed by atoms with Gasteiger partial charge in [0.25, 0.3) is 0 Å². The van der Waals surface area contributed by atoms with Crippen LogP contribution in [0.15, 0.2) is 24.3 Å². The Morgan fingerprint density at radius 1 is 1.32 bits per heavy atom. The minimum Gasteiger partial charge on any atom is -0.506 e. The molecule has 1 aromatic rings. The maximum Gasteiger partial charge on any atom is 0.247 e. The lowest BCUT2D eigenvalue weighted by Crippen LogP contribution is -2.49. The molecular weight excluding hydrogens is 244 g/mol. The van der Waals surface area contributed by atoms with Gasteiger partial charge in [-0.1, -0.05) is 12.1 Å². The number of benzene rings is 1. The molecular formula is C14H18N2O3. The van der Waals surface area contributed by atoms with E-state index in [0.29, 0.717) is 18.7 Å². The first kappa shape index (κ1) is 13.4. The van der Waals surface area contributed by atoms with Gasteiger partial charge in [0.05, 0.1) is 5.69 Å².